The first-order valence-electron chi connectivity index (χ1n) is 5.44. The van der Waals surface area contributed by atoms with E-state index in [1.165, 1.54) is 25.1 Å². The molecule has 6 heteroatoms. The monoisotopic (exact) mass is 260 g/mol. The third-order valence-electron chi connectivity index (χ3n) is 2.35. The molecule has 0 aromatic heterocycles. The molecule has 0 aliphatic carbocycles. The van der Waals surface area contributed by atoms with E-state index in [9.17, 15) is 18.0 Å². The van der Waals surface area contributed by atoms with Crippen molar-refractivity contribution in [1.29, 1.82) is 0 Å². The molecule has 18 heavy (non-hydrogen) atoms. The van der Waals surface area contributed by atoms with Crippen LogP contribution in [0.2, 0.25) is 0 Å². The van der Waals surface area contributed by atoms with Crippen molar-refractivity contribution in [3.8, 4) is 0 Å². The molecule has 1 rings (SSSR count). The fraction of sp³-hybridized carbons (Fsp3) is 0.417. The summed E-state index contributed by atoms with van der Waals surface area (Å²) in [6, 6.07) is 3.12. The number of nitrogens with one attached hydrogen (secondary N) is 1. The van der Waals surface area contributed by atoms with Crippen LogP contribution in [0, 0.1) is 0 Å². The molecule has 0 radical (unpaired) electrons. The van der Waals surface area contributed by atoms with Crippen molar-refractivity contribution in [2.45, 2.75) is 13.1 Å². The summed E-state index contributed by atoms with van der Waals surface area (Å²) in [5, 5.41) is 2.88. The van der Waals surface area contributed by atoms with Gasteiger partial charge in [-0.1, -0.05) is 0 Å². The van der Waals surface area contributed by atoms with Crippen molar-refractivity contribution in [1.82, 2.24) is 4.90 Å². The number of carbonyl (C=O) groups excluding carboxylic acids is 1. The fourth-order valence-corrected chi connectivity index (χ4v) is 1.48. The quantitative estimate of drug-likeness (QED) is 0.906. The molecule has 0 fully saturated rings. The van der Waals surface area contributed by atoms with Gasteiger partial charge in [0.05, 0.1) is 11.1 Å². The summed E-state index contributed by atoms with van der Waals surface area (Å²) < 4.78 is 37.8. The fourth-order valence-electron chi connectivity index (χ4n) is 1.48. The van der Waals surface area contributed by atoms with Gasteiger partial charge < -0.3 is 10.2 Å². The smallest absolute Gasteiger partial charge is 0.385 e. The summed E-state index contributed by atoms with van der Waals surface area (Å²) in [5.74, 6) is -0.461. The Morgan fingerprint density at radius 2 is 1.94 bits per heavy atom. The maximum atomic E-state index is 12.6. The molecule has 1 N–H and O–H groups in total. The van der Waals surface area contributed by atoms with Crippen LogP contribution in [0.5, 0.6) is 0 Å². The lowest BCUT2D eigenvalue weighted by Gasteiger charge is -2.17. The third kappa shape index (κ3) is 3.15. The van der Waals surface area contributed by atoms with Crippen molar-refractivity contribution in [3.05, 3.63) is 29.3 Å². The van der Waals surface area contributed by atoms with Gasteiger partial charge in [0.1, 0.15) is 0 Å². The predicted octanol–water partition coefficient (Wildman–Crippen LogP) is 2.84. The molecule has 3 nitrogen and oxygen atoms in total. The van der Waals surface area contributed by atoms with E-state index in [1.54, 1.807) is 0 Å². The molecule has 0 atom stereocenters. The zero-order valence-electron chi connectivity index (χ0n) is 10.4. The Morgan fingerprint density at radius 3 is 2.39 bits per heavy atom. The van der Waals surface area contributed by atoms with Gasteiger partial charge in [-0.3, -0.25) is 4.79 Å². The van der Waals surface area contributed by atoms with E-state index in [-0.39, 0.29) is 5.56 Å². The Labute approximate surface area is 104 Å². The van der Waals surface area contributed by atoms with E-state index in [4.69, 9.17) is 0 Å². The van der Waals surface area contributed by atoms with Crippen molar-refractivity contribution in [2.75, 3.05) is 26.0 Å². The number of amides is 1. The Balaban J connectivity index is 3.28. The Bertz CT molecular complexity index is 441. The van der Waals surface area contributed by atoms with Crippen LogP contribution >= 0.6 is 0 Å². The topological polar surface area (TPSA) is 32.3 Å². The van der Waals surface area contributed by atoms with Crippen LogP contribution in [-0.4, -0.2) is 31.4 Å². The molecule has 0 unspecified atom stereocenters. The summed E-state index contributed by atoms with van der Waals surface area (Å²) in [6.07, 6.45) is -4.45. The van der Waals surface area contributed by atoms with Crippen LogP contribution in [0.1, 0.15) is 22.8 Å². The Kier molecular flexibility index (Phi) is 4.21. The maximum absolute atomic E-state index is 12.6. The van der Waals surface area contributed by atoms with Crippen LogP contribution < -0.4 is 5.32 Å². The average molecular weight is 260 g/mol. The van der Waals surface area contributed by atoms with Crippen molar-refractivity contribution in [3.63, 3.8) is 0 Å². The SMILES string of the molecule is CCNc1ccc(C(F)(F)F)cc1C(=O)N(C)C. The molecule has 0 heterocycles. The van der Waals surface area contributed by atoms with Gasteiger partial charge in [0, 0.05) is 26.3 Å². The molecule has 0 saturated heterocycles. The molecule has 1 aromatic rings. The number of hydrogen-bond acceptors (Lipinski definition) is 2. The largest absolute Gasteiger partial charge is 0.416 e. The second-order valence-corrected chi connectivity index (χ2v) is 3.99. The van der Waals surface area contributed by atoms with Gasteiger partial charge in [0.2, 0.25) is 0 Å². The van der Waals surface area contributed by atoms with E-state index in [2.05, 4.69) is 5.32 Å². The number of rotatable bonds is 3. The van der Waals surface area contributed by atoms with Crippen LogP contribution in [0.15, 0.2) is 18.2 Å². The van der Waals surface area contributed by atoms with Gasteiger partial charge in [0.25, 0.3) is 5.91 Å². The van der Waals surface area contributed by atoms with E-state index in [1.807, 2.05) is 6.92 Å². The second-order valence-electron chi connectivity index (χ2n) is 3.99. The minimum absolute atomic E-state index is 0.0247. The summed E-state index contributed by atoms with van der Waals surface area (Å²) in [7, 11) is 3.00. The van der Waals surface area contributed by atoms with Crippen molar-refractivity contribution in [2.24, 2.45) is 0 Å². The molecular weight excluding hydrogens is 245 g/mol. The van der Waals surface area contributed by atoms with Crippen LogP contribution in [-0.2, 0) is 6.18 Å². The molecular formula is C12H15F3N2O. The lowest BCUT2D eigenvalue weighted by molar-refractivity contribution is -0.137. The molecule has 100 valence electrons. The van der Waals surface area contributed by atoms with Gasteiger partial charge in [-0.05, 0) is 25.1 Å². The maximum Gasteiger partial charge on any atom is 0.416 e. The molecule has 1 amide bonds. The molecule has 0 aliphatic heterocycles. The molecule has 0 saturated carbocycles. The number of anilines is 1. The van der Waals surface area contributed by atoms with E-state index in [0.717, 1.165) is 12.1 Å². The Morgan fingerprint density at radius 1 is 1.33 bits per heavy atom. The lowest BCUT2D eigenvalue weighted by atomic mass is 10.1. The average Bonchev–Trinajstić information content (AvgIpc) is 2.27. The highest BCUT2D eigenvalue weighted by molar-refractivity contribution is 5.99. The van der Waals surface area contributed by atoms with Gasteiger partial charge in [-0.15, -0.1) is 0 Å². The van der Waals surface area contributed by atoms with E-state index < -0.39 is 17.6 Å². The first-order valence-corrected chi connectivity index (χ1v) is 5.44. The predicted molar refractivity (Wildman–Crippen MR) is 63.6 cm³/mol. The Hall–Kier alpha value is -1.72. The summed E-state index contributed by atoms with van der Waals surface area (Å²) in [5.41, 5.74) is -0.393. The van der Waals surface area contributed by atoms with Crippen molar-refractivity contribution >= 4 is 11.6 Å². The molecule has 0 bridgehead atoms. The number of carbonyl (C=O) groups is 1. The first kappa shape index (κ1) is 14.3. The van der Waals surface area contributed by atoms with Gasteiger partial charge in [-0.2, -0.15) is 13.2 Å². The number of benzene rings is 1. The zero-order chi connectivity index (χ0) is 13.9. The summed E-state index contributed by atoms with van der Waals surface area (Å²) >= 11 is 0. The number of nitrogens with zero attached hydrogens (tertiary/aromatic N) is 1. The molecule has 0 aliphatic rings. The van der Waals surface area contributed by atoms with Crippen molar-refractivity contribution < 1.29 is 18.0 Å². The van der Waals surface area contributed by atoms with Crippen LogP contribution in [0.3, 0.4) is 0 Å². The molecule has 1 aromatic carbocycles. The minimum atomic E-state index is -4.45. The highest BCUT2D eigenvalue weighted by Gasteiger charge is 2.31. The van der Waals surface area contributed by atoms with Crippen LogP contribution in [0.4, 0.5) is 18.9 Å². The minimum Gasteiger partial charge on any atom is -0.385 e. The normalized spacial score (nSPS) is 11.2. The number of alkyl halides is 3. The van der Waals surface area contributed by atoms with Gasteiger partial charge in [0.15, 0.2) is 0 Å². The summed E-state index contributed by atoms with van der Waals surface area (Å²) in [4.78, 5) is 13.1. The van der Waals surface area contributed by atoms with Gasteiger partial charge in [-0.25, -0.2) is 0 Å². The lowest BCUT2D eigenvalue weighted by Crippen LogP contribution is -2.23. The second kappa shape index (κ2) is 5.29. The zero-order valence-corrected chi connectivity index (χ0v) is 10.4. The molecule has 0 spiro atoms. The highest BCUT2D eigenvalue weighted by Crippen LogP contribution is 2.32. The number of hydrogen-bond donors (Lipinski definition) is 1. The third-order valence-corrected chi connectivity index (χ3v) is 2.35. The first-order chi connectivity index (χ1) is 8.27. The van der Waals surface area contributed by atoms with E-state index in [0.29, 0.717) is 12.2 Å². The number of halogens is 3. The summed E-state index contributed by atoms with van der Waals surface area (Å²) in [6.45, 7) is 2.33. The van der Waals surface area contributed by atoms with Gasteiger partial charge >= 0.3 is 6.18 Å². The highest BCUT2D eigenvalue weighted by atomic mass is 19.4. The van der Waals surface area contributed by atoms with E-state index >= 15 is 0 Å². The van der Waals surface area contributed by atoms with Crippen LogP contribution in [0.25, 0.3) is 0 Å². The standard InChI is InChI=1S/C12H15F3N2O/c1-4-16-10-6-5-8(12(13,14)15)7-9(10)11(18)17(2)3/h5-7,16H,4H2,1-3H3.